The van der Waals surface area contributed by atoms with E-state index in [0.29, 0.717) is 12.3 Å². The summed E-state index contributed by atoms with van der Waals surface area (Å²) in [6.07, 6.45) is 0. The van der Waals surface area contributed by atoms with E-state index in [2.05, 4.69) is 10.3 Å². The summed E-state index contributed by atoms with van der Waals surface area (Å²) in [6.45, 7) is 2.48. The highest BCUT2D eigenvalue weighted by atomic mass is 32.2. The monoisotopic (exact) mass is 415 g/mol. The minimum absolute atomic E-state index is 0.0360. The van der Waals surface area contributed by atoms with Crippen molar-refractivity contribution in [1.29, 1.82) is 0 Å². The first-order valence-corrected chi connectivity index (χ1v) is 11.1. The number of benzene rings is 1. The zero-order valence-corrected chi connectivity index (χ0v) is 17.0. The van der Waals surface area contributed by atoms with Gasteiger partial charge in [-0.25, -0.2) is 4.98 Å². The van der Waals surface area contributed by atoms with Gasteiger partial charge < -0.3 is 10.2 Å². The van der Waals surface area contributed by atoms with Crippen LogP contribution in [0.1, 0.15) is 9.88 Å². The summed E-state index contributed by atoms with van der Waals surface area (Å²) in [5, 5.41) is 6.00. The van der Waals surface area contributed by atoms with E-state index >= 15 is 0 Å². The van der Waals surface area contributed by atoms with E-state index in [9.17, 15) is 9.59 Å². The van der Waals surface area contributed by atoms with E-state index < -0.39 is 0 Å². The third kappa shape index (κ3) is 4.07. The molecule has 1 aliphatic heterocycles. The Balaban J connectivity index is 1.38. The first kappa shape index (κ1) is 18.2. The van der Waals surface area contributed by atoms with Crippen LogP contribution in [0.3, 0.4) is 0 Å². The second kappa shape index (κ2) is 7.84. The van der Waals surface area contributed by atoms with Crippen LogP contribution < -0.4 is 10.2 Å². The Bertz CT molecular complexity index is 996. The average Bonchev–Trinajstić information content (AvgIpc) is 3.31. The lowest BCUT2D eigenvalue weighted by molar-refractivity contribution is -0.123. The molecule has 3 aromatic rings. The summed E-state index contributed by atoms with van der Waals surface area (Å²) in [7, 11) is 0. The molecule has 0 saturated heterocycles. The highest BCUT2D eigenvalue weighted by molar-refractivity contribution is 8.00. The number of para-hydroxylation sites is 1. The van der Waals surface area contributed by atoms with Crippen LogP contribution in [-0.4, -0.2) is 29.1 Å². The van der Waals surface area contributed by atoms with Gasteiger partial charge in [-0.2, -0.15) is 0 Å². The summed E-state index contributed by atoms with van der Waals surface area (Å²) in [5.74, 6) is 0.168. The molecule has 1 N–H and O–H groups in total. The van der Waals surface area contributed by atoms with Crippen molar-refractivity contribution in [3.63, 3.8) is 0 Å². The van der Waals surface area contributed by atoms with Gasteiger partial charge in [0.25, 0.3) is 0 Å². The van der Waals surface area contributed by atoms with Crippen LogP contribution >= 0.6 is 34.4 Å². The predicted octanol–water partition coefficient (Wildman–Crippen LogP) is 3.94. The van der Waals surface area contributed by atoms with Crippen molar-refractivity contribution in [2.45, 2.75) is 18.4 Å². The maximum Gasteiger partial charge on any atom is 0.240 e. The fourth-order valence-electron chi connectivity index (χ4n) is 2.80. The van der Waals surface area contributed by atoms with Gasteiger partial charge in [0.15, 0.2) is 0 Å². The van der Waals surface area contributed by atoms with E-state index in [0.717, 1.165) is 31.0 Å². The molecule has 1 aromatic carbocycles. The van der Waals surface area contributed by atoms with E-state index in [-0.39, 0.29) is 18.4 Å². The van der Waals surface area contributed by atoms with Crippen molar-refractivity contribution >= 4 is 51.9 Å². The van der Waals surface area contributed by atoms with Gasteiger partial charge in [-0.15, -0.1) is 34.4 Å². The second-order valence-electron chi connectivity index (χ2n) is 6.03. The highest BCUT2D eigenvalue weighted by Gasteiger charge is 2.26. The van der Waals surface area contributed by atoms with E-state index in [4.69, 9.17) is 0 Å². The van der Waals surface area contributed by atoms with Gasteiger partial charge in [-0.1, -0.05) is 12.1 Å². The van der Waals surface area contributed by atoms with Crippen LogP contribution in [0.2, 0.25) is 0 Å². The highest BCUT2D eigenvalue weighted by Crippen LogP contribution is 2.34. The Morgan fingerprint density at radius 3 is 2.93 bits per heavy atom. The molecule has 0 saturated carbocycles. The normalized spacial score (nSPS) is 13.5. The molecular weight excluding hydrogens is 398 g/mol. The molecule has 2 amide bonds. The molecule has 0 bridgehead atoms. The van der Waals surface area contributed by atoms with Crippen LogP contribution in [-0.2, 0) is 16.1 Å². The molecule has 8 heteroatoms. The van der Waals surface area contributed by atoms with Crippen molar-refractivity contribution in [2.24, 2.45) is 0 Å². The van der Waals surface area contributed by atoms with Crippen molar-refractivity contribution in [2.75, 3.05) is 17.2 Å². The maximum atomic E-state index is 12.4. The Labute approximate surface area is 169 Å². The first-order chi connectivity index (χ1) is 13.1. The number of nitrogens with zero attached hydrogens (tertiary/aromatic N) is 2. The maximum absolute atomic E-state index is 12.4. The van der Waals surface area contributed by atoms with Gasteiger partial charge in [0.1, 0.15) is 6.54 Å². The van der Waals surface area contributed by atoms with Crippen molar-refractivity contribution < 1.29 is 9.59 Å². The van der Waals surface area contributed by atoms with Crippen LogP contribution in [0.4, 0.5) is 5.69 Å². The topological polar surface area (TPSA) is 62.3 Å². The minimum Gasteiger partial charge on any atom is -0.350 e. The Kier molecular flexibility index (Phi) is 5.29. The number of rotatable bonds is 5. The summed E-state index contributed by atoms with van der Waals surface area (Å²) in [5.41, 5.74) is 1.79. The van der Waals surface area contributed by atoms with Gasteiger partial charge in [-0.3, -0.25) is 9.59 Å². The smallest absolute Gasteiger partial charge is 0.240 e. The zero-order valence-electron chi connectivity index (χ0n) is 14.6. The number of aryl methyl sites for hydroxylation is 1. The average molecular weight is 416 g/mol. The third-order valence-electron chi connectivity index (χ3n) is 4.10. The molecule has 3 heterocycles. The second-order valence-corrected chi connectivity index (χ2v) is 9.28. The largest absolute Gasteiger partial charge is 0.350 e. The van der Waals surface area contributed by atoms with Crippen LogP contribution in [0.15, 0.2) is 46.7 Å². The van der Waals surface area contributed by atoms with Crippen LogP contribution in [0, 0.1) is 6.92 Å². The van der Waals surface area contributed by atoms with Crippen LogP contribution in [0.5, 0.6) is 0 Å². The summed E-state index contributed by atoms with van der Waals surface area (Å²) in [4.78, 5) is 33.9. The molecule has 1 aliphatic rings. The van der Waals surface area contributed by atoms with Gasteiger partial charge >= 0.3 is 0 Å². The molecule has 138 valence electrons. The molecule has 0 unspecified atom stereocenters. The van der Waals surface area contributed by atoms with Crippen molar-refractivity contribution in [3.8, 4) is 10.6 Å². The lowest BCUT2D eigenvalue weighted by atomic mass is 10.2. The molecule has 0 fully saturated rings. The fourth-order valence-corrected chi connectivity index (χ4v) is 5.33. The first-order valence-electron chi connectivity index (χ1n) is 8.40. The number of hydrogen-bond donors (Lipinski definition) is 1. The van der Waals surface area contributed by atoms with Gasteiger partial charge in [-0.05, 0) is 31.2 Å². The SMILES string of the molecule is Cc1nc(-c2ccc(CNC(=O)CN3C(=O)CSc4ccccc43)s2)cs1. The number of thioether (sulfide) groups is 1. The number of anilines is 1. The Morgan fingerprint density at radius 1 is 1.26 bits per heavy atom. The fraction of sp³-hybridized carbons (Fsp3) is 0.211. The molecular formula is C19H17N3O2S3. The van der Waals surface area contributed by atoms with Gasteiger partial charge in [0.2, 0.25) is 11.8 Å². The molecule has 4 rings (SSSR count). The molecule has 27 heavy (non-hydrogen) atoms. The van der Waals surface area contributed by atoms with Crippen molar-refractivity contribution in [3.05, 3.63) is 51.7 Å². The number of carbonyl (C=O) groups is 2. The number of carbonyl (C=O) groups excluding carboxylic acids is 2. The molecule has 5 nitrogen and oxygen atoms in total. The number of thiazole rings is 1. The number of fused-ring (bicyclic) bond motifs is 1. The number of amides is 2. The molecule has 0 atom stereocenters. The molecule has 0 aliphatic carbocycles. The minimum atomic E-state index is -0.162. The van der Waals surface area contributed by atoms with E-state index in [1.807, 2.05) is 48.7 Å². The standard InChI is InChI=1S/C19H17N3O2S3/c1-12-21-14(10-25-12)16-7-6-13(27-16)8-20-18(23)9-22-15-4-2-3-5-17(15)26-11-19(22)24/h2-7,10H,8-9,11H2,1H3,(H,20,23). The number of nitrogens with one attached hydrogen (secondary N) is 1. The van der Waals surface area contributed by atoms with E-state index in [1.165, 1.54) is 11.8 Å². The number of hydrogen-bond acceptors (Lipinski definition) is 6. The predicted molar refractivity (Wildman–Crippen MR) is 112 cm³/mol. The quantitative estimate of drug-likeness (QED) is 0.686. The summed E-state index contributed by atoms with van der Waals surface area (Å²) in [6, 6.07) is 11.7. The lowest BCUT2D eigenvalue weighted by Gasteiger charge is -2.28. The summed E-state index contributed by atoms with van der Waals surface area (Å²) >= 11 is 4.76. The Hall–Kier alpha value is -2.16. The number of thiophene rings is 1. The van der Waals surface area contributed by atoms with Crippen LogP contribution in [0.25, 0.3) is 10.6 Å². The summed E-state index contributed by atoms with van der Waals surface area (Å²) < 4.78 is 0. The lowest BCUT2D eigenvalue weighted by Crippen LogP contribution is -2.43. The molecule has 0 radical (unpaired) electrons. The number of aromatic nitrogens is 1. The Morgan fingerprint density at radius 2 is 2.11 bits per heavy atom. The van der Waals surface area contributed by atoms with Crippen molar-refractivity contribution in [1.82, 2.24) is 10.3 Å². The molecule has 0 spiro atoms. The van der Waals surface area contributed by atoms with Gasteiger partial charge in [0.05, 0.1) is 33.6 Å². The molecule has 2 aromatic heterocycles. The van der Waals surface area contributed by atoms with E-state index in [1.54, 1.807) is 27.6 Å². The third-order valence-corrected chi connectivity index (χ3v) is 7.03. The zero-order chi connectivity index (χ0) is 18.8. The van der Waals surface area contributed by atoms with Gasteiger partial charge in [0, 0.05) is 15.2 Å².